The molecule has 1 aromatic rings. The highest BCUT2D eigenvalue weighted by Crippen LogP contribution is 2.09. The number of nitrogens with zero attached hydrogens (tertiary/aromatic N) is 3. The molecule has 62 valence electrons. The van der Waals surface area contributed by atoms with Crippen LogP contribution in [0.25, 0.3) is 0 Å². The summed E-state index contributed by atoms with van der Waals surface area (Å²) in [6.07, 6.45) is 3.78. The third-order valence-corrected chi connectivity index (χ3v) is 1.73. The zero-order valence-corrected chi connectivity index (χ0v) is 6.86. The van der Waals surface area contributed by atoms with Gasteiger partial charge < -0.3 is 5.11 Å². The summed E-state index contributed by atoms with van der Waals surface area (Å²) in [6, 6.07) is 0. The second-order valence-electron chi connectivity index (χ2n) is 2.94. The first-order valence-electron chi connectivity index (χ1n) is 3.69. The first-order chi connectivity index (χ1) is 5.14. The van der Waals surface area contributed by atoms with E-state index in [1.165, 1.54) is 6.33 Å². The molecule has 0 aliphatic heterocycles. The van der Waals surface area contributed by atoms with Crippen molar-refractivity contribution in [3.05, 3.63) is 12.7 Å². The maximum Gasteiger partial charge on any atom is 0.137 e. The molecule has 1 atom stereocenters. The zero-order valence-electron chi connectivity index (χ0n) is 6.86. The number of aromatic nitrogens is 3. The molecule has 1 unspecified atom stereocenters. The molecule has 1 heterocycles. The molecule has 0 aromatic carbocycles. The molecular weight excluding hydrogens is 142 g/mol. The largest absolute Gasteiger partial charge is 0.388 e. The summed E-state index contributed by atoms with van der Waals surface area (Å²) in [6.45, 7) is 4.23. The Bertz CT molecular complexity index is 205. The molecule has 11 heavy (non-hydrogen) atoms. The molecule has 0 fully saturated rings. The van der Waals surface area contributed by atoms with Crippen LogP contribution in [0.4, 0.5) is 0 Å². The van der Waals surface area contributed by atoms with Gasteiger partial charge >= 0.3 is 0 Å². The van der Waals surface area contributed by atoms with E-state index in [0.717, 1.165) is 0 Å². The van der Waals surface area contributed by atoms with Crippen LogP contribution in [0.2, 0.25) is 0 Å². The van der Waals surface area contributed by atoms with E-state index in [1.807, 2.05) is 6.92 Å². The Morgan fingerprint density at radius 1 is 1.64 bits per heavy atom. The van der Waals surface area contributed by atoms with Crippen molar-refractivity contribution in [3.8, 4) is 0 Å². The fourth-order valence-electron chi connectivity index (χ4n) is 0.775. The van der Waals surface area contributed by atoms with Gasteiger partial charge in [0.1, 0.15) is 12.7 Å². The molecule has 0 bridgehead atoms. The second-order valence-corrected chi connectivity index (χ2v) is 2.94. The number of hydrogen-bond donors (Lipinski definition) is 1. The minimum absolute atomic E-state index is 0.503. The minimum Gasteiger partial charge on any atom is -0.388 e. The van der Waals surface area contributed by atoms with Crippen molar-refractivity contribution in [1.29, 1.82) is 0 Å². The SMILES string of the molecule is CCC(C)(O)Cn1cncn1. The van der Waals surface area contributed by atoms with Crippen molar-refractivity contribution in [1.82, 2.24) is 14.8 Å². The van der Waals surface area contributed by atoms with Gasteiger partial charge in [0.05, 0.1) is 12.1 Å². The van der Waals surface area contributed by atoms with E-state index < -0.39 is 5.60 Å². The average Bonchev–Trinajstić information content (AvgIpc) is 2.39. The van der Waals surface area contributed by atoms with E-state index in [1.54, 1.807) is 17.9 Å². The molecule has 4 nitrogen and oxygen atoms in total. The Balaban J connectivity index is 2.56. The van der Waals surface area contributed by atoms with E-state index in [4.69, 9.17) is 0 Å². The van der Waals surface area contributed by atoms with E-state index in [2.05, 4.69) is 10.1 Å². The fraction of sp³-hybridized carbons (Fsp3) is 0.714. The standard InChI is InChI=1S/C7H13N3O/c1-3-7(2,11)4-10-6-8-5-9-10/h5-6,11H,3-4H2,1-2H3. The molecular formula is C7H13N3O. The molecule has 0 spiro atoms. The summed E-state index contributed by atoms with van der Waals surface area (Å²) < 4.78 is 1.63. The van der Waals surface area contributed by atoms with E-state index in [9.17, 15) is 5.11 Å². The lowest BCUT2D eigenvalue weighted by molar-refractivity contribution is 0.0344. The van der Waals surface area contributed by atoms with Crippen LogP contribution in [0, 0.1) is 0 Å². The van der Waals surface area contributed by atoms with Gasteiger partial charge in [-0.15, -0.1) is 0 Å². The number of aliphatic hydroxyl groups is 1. The van der Waals surface area contributed by atoms with Crippen LogP contribution in [0.1, 0.15) is 20.3 Å². The van der Waals surface area contributed by atoms with Gasteiger partial charge in [0.25, 0.3) is 0 Å². The van der Waals surface area contributed by atoms with Crippen LogP contribution >= 0.6 is 0 Å². The van der Waals surface area contributed by atoms with Gasteiger partial charge in [-0.25, -0.2) is 4.98 Å². The Labute approximate surface area is 65.9 Å². The summed E-state index contributed by atoms with van der Waals surface area (Å²) in [5, 5.41) is 13.5. The zero-order chi connectivity index (χ0) is 8.32. The summed E-state index contributed by atoms with van der Waals surface area (Å²) in [7, 11) is 0. The molecule has 1 rings (SSSR count). The maximum absolute atomic E-state index is 9.61. The molecule has 0 radical (unpaired) electrons. The molecule has 1 aromatic heterocycles. The average molecular weight is 155 g/mol. The lowest BCUT2D eigenvalue weighted by atomic mass is 10.0. The predicted octanol–water partition coefficient (Wildman–Crippen LogP) is 0.439. The van der Waals surface area contributed by atoms with Crippen molar-refractivity contribution in [2.45, 2.75) is 32.4 Å². The Morgan fingerprint density at radius 3 is 2.82 bits per heavy atom. The molecule has 1 N–H and O–H groups in total. The van der Waals surface area contributed by atoms with Gasteiger partial charge in [-0.2, -0.15) is 5.10 Å². The van der Waals surface area contributed by atoms with Gasteiger partial charge in [0, 0.05) is 0 Å². The van der Waals surface area contributed by atoms with Crippen molar-refractivity contribution >= 4 is 0 Å². The van der Waals surface area contributed by atoms with Crippen LogP contribution in [0.3, 0.4) is 0 Å². The summed E-state index contributed by atoms with van der Waals surface area (Å²) >= 11 is 0. The first kappa shape index (κ1) is 8.20. The second kappa shape index (κ2) is 3.00. The summed E-state index contributed by atoms with van der Waals surface area (Å²) in [4.78, 5) is 3.78. The van der Waals surface area contributed by atoms with E-state index in [0.29, 0.717) is 13.0 Å². The van der Waals surface area contributed by atoms with E-state index >= 15 is 0 Å². The highest BCUT2D eigenvalue weighted by Gasteiger charge is 2.17. The van der Waals surface area contributed by atoms with Gasteiger partial charge in [-0.05, 0) is 13.3 Å². The Hall–Kier alpha value is -0.900. The van der Waals surface area contributed by atoms with Gasteiger partial charge in [-0.3, -0.25) is 4.68 Å². The monoisotopic (exact) mass is 155 g/mol. The van der Waals surface area contributed by atoms with Crippen LogP contribution in [-0.4, -0.2) is 25.5 Å². The molecule has 0 aliphatic carbocycles. The van der Waals surface area contributed by atoms with Crippen molar-refractivity contribution in [3.63, 3.8) is 0 Å². The van der Waals surface area contributed by atoms with Crippen molar-refractivity contribution < 1.29 is 5.11 Å². The van der Waals surface area contributed by atoms with Crippen LogP contribution in [0.5, 0.6) is 0 Å². The third-order valence-electron chi connectivity index (χ3n) is 1.73. The van der Waals surface area contributed by atoms with Crippen LogP contribution < -0.4 is 0 Å². The fourth-order valence-corrected chi connectivity index (χ4v) is 0.775. The van der Waals surface area contributed by atoms with Crippen molar-refractivity contribution in [2.75, 3.05) is 0 Å². The smallest absolute Gasteiger partial charge is 0.137 e. The number of rotatable bonds is 3. The van der Waals surface area contributed by atoms with Crippen LogP contribution in [-0.2, 0) is 6.54 Å². The van der Waals surface area contributed by atoms with Gasteiger partial charge in [0.2, 0.25) is 0 Å². The normalized spacial score (nSPS) is 16.3. The van der Waals surface area contributed by atoms with Gasteiger partial charge in [-0.1, -0.05) is 6.92 Å². The lowest BCUT2D eigenvalue weighted by Crippen LogP contribution is -2.29. The molecule has 4 heteroatoms. The minimum atomic E-state index is -0.673. The first-order valence-corrected chi connectivity index (χ1v) is 3.69. The Morgan fingerprint density at radius 2 is 2.36 bits per heavy atom. The van der Waals surface area contributed by atoms with Crippen LogP contribution in [0.15, 0.2) is 12.7 Å². The third kappa shape index (κ3) is 2.31. The molecule has 0 amide bonds. The lowest BCUT2D eigenvalue weighted by Gasteiger charge is -2.20. The summed E-state index contributed by atoms with van der Waals surface area (Å²) in [5.74, 6) is 0. The molecule has 0 aliphatic rings. The molecule has 0 saturated heterocycles. The van der Waals surface area contributed by atoms with Gasteiger partial charge in [0.15, 0.2) is 0 Å². The molecule has 0 saturated carbocycles. The highest BCUT2D eigenvalue weighted by molar-refractivity contribution is 4.71. The van der Waals surface area contributed by atoms with E-state index in [-0.39, 0.29) is 0 Å². The quantitative estimate of drug-likeness (QED) is 0.689. The number of hydrogen-bond acceptors (Lipinski definition) is 3. The highest BCUT2D eigenvalue weighted by atomic mass is 16.3. The maximum atomic E-state index is 9.61. The Kier molecular flexibility index (Phi) is 2.24. The van der Waals surface area contributed by atoms with Crippen molar-refractivity contribution in [2.24, 2.45) is 0 Å². The summed E-state index contributed by atoms with van der Waals surface area (Å²) in [5.41, 5.74) is -0.673. The predicted molar refractivity (Wildman–Crippen MR) is 40.9 cm³/mol. The topological polar surface area (TPSA) is 50.9 Å².